The fourth-order valence-electron chi connectivity index (χ4n) is 1.29. The Hall–Kier alpha value is -0.120. The fourth-order valence-corrected chi connectivity index (χ4v) is 1.29. The lowest BCUT2D eigenvalue weighted by atomic mass is 9.99. The lowest BCUT2D eigenvalue weighted by Gasteiger charge is -2.15. The van der Waals surface area contributed by atoms with Gasteiger partial charge in [0.05, 0.1) is 0 Å². The van der Waals surface area contributed by atoms with Crippen molar-refractivity contribution in [1.82, 2.24) is 0 Å². The van der Waals surface area contributed by atoms with Crippen LogP contribution in [0.4, 0.5) is 0 Å². The van der Waals surface area contributed by atoms with Gasteiger partial charge in [0.25, 0.3) is 0 Å². The van der Waals surface area contributed by atoms with E-state index in [1.165, 1.54) is 0 Å². The van der Waals surface area contributed by atoms with Crippen LogP contribution in [0.3, 0.4) is 0 Å². The average molecular weight is 190 g/mol. The molecule has 0 atom stereocenters. The van der Waals surface area contributed by atoms with Crippen LogP contribution in [0, 0.1) is 5.92 Å². The Bertz CT molecular complexity index is 77.2. The van der Waals surface area contributed by atoms with Gasteiger partial charge in [-0.25, -0.2) is 0 Å². The molecule has 13 heavy (non-hydrogen) atoms. The van der Waals surface area contributed by atoms with Gasteiger partial charge in [0.1, 0.15) is 0 Å². The van der Waals surface area contributed by atoms with Gasteiger partial charge in [-0.15, -0.1) is 0 Å². The van der Waals surface area contributed by atoms with Crippen molar-refractivity contribution in [3.63, 3.8) is 0 Å². The molecule has 0 spiro atoms. The molecular weight excluding hydrogens is 168 g/mol. The number of hydrogen-bond donors (Lipinski definition) is 0. The van der Waals surface area contributed by atoms with E-state index in [0.717, 1.165) is 39.1 Å². The molecule has 0 unspecified atom stereocenters. The van der Waals surface area contributed by atoms with Crippen LogP contribution in [0.15, 0.2) is 0 Å². The molecule has 0 aromatic rings. The summed E-state index contributed by atoms with van der Waals surface area (Å²) >= 11 is 0. The van der Waals surface area contributed by atoms with E-state index in [0.29, 0.717) is 5.92 Å². The average Bonchev–Trinajstić information content (AvgIpc) is 2.17. The Morgan fingerprint density at radius 3 is 1.23 bits per heavy atom. The molecule has 0 aromatic carbocycles. The highest BCUT2D eigenvalue weighted by molar-refractivity contribution is 4.58. The summed E-state index contributed by atoms with van der Waals surface area (Å²) < 4.78 is 15.2. The van der Waals surface area contributed by atoms with Gasteiger partial charge in [-0.05, 0) is 25.2 Å². The lowest BCUT2D eigenvalue weighted by molar-refractivity contribution is 0.121. The van der Waals surface area contributed by atoms with Crippen molar-refractivity contribution in [2.75, 3.05) is 41.2 Å². The molecule has 0 radical (unpaired) electrons. The molecule has 0 amide bonds. The number of hydrogen-bond acceptors (Lipinski definition) is 3. The van der Waals surface area contributed by atoms with E-state index in [1.54, 1.807) is 21.3 Å². The van der Waals surface area contributed by atoms with E-state index in [2.05, 4.69) is 0 Å². The predicted octanol–water partition coefficient (Wildman–Crippen LogP) is 1.71. The molecule has 0 bridgehead atoms. The minimum absolute atomic E-state index is 0.667. The summed E-state index contributed by atoms with van der Waals surface area (Å²) in [5, 5.41) is 0. The largest absolute Gasteiger partial charge is 0.385 e. The van der Waals surface area contributed by atoms with Crippen LogP contribution in [0.1, 0.15) is 19.3 Å². The van der Waals surface area contributed by atoms with Gasteiger partial charge in [-0.2, -0.15) is 0 Å². The molecule has 0 aliphatic carbocycles. The van der Waals surface area contributed by atoms with E-state index >= 15 is 0 Å². The predicted molar refractivity (Wildman–Crippen MR) is 53.0 cm³/mol. The minimum atomic E-state index is 0.667. The van der Waals surface area contributed by atoms with Crippen molar-refractivity contribution in [3.05, 3.63) is 0 Å². The van der Waals surface area contributed by atoms with Crippen LogP contribution in [-0.2, 0) is 14.2 Å². The van der Waals surface area contributed by atoms with Gasteiger partial charge in [0.15, 0.2) is 0 Å². The summed E-state index contributed by atoms with van der Waals surface area (Å²) in [6.07, 6.45) is 3.30. The van der Waals surface area contributed by atoms with Crippen LogP contribution < -0.4 is 0 Å². The van der Waals surface area contributed by atoms with Crippen LogP contribution in [0.5, 0.6) is 0 Å². The zero-order valence-corrected chi connectivity index (χ0v) is 9.04. The van der Waals surface area contributed by atoms with Gasteiger partial charge < -0.3 is 14.2 Å². The Morgan fingerprint density at radius 1 is 0.692 bits per heavy atom. The van der Waals surface area contributed by atoms with Crippen molar-refractivity contribution in [1.29, 1.82) is 0 Å². The van der Waals surface area contributed by atoms with Crippen LogP contribution >= 0.6 is 0 Å². The molecule has 0 saturated carbocycles. The normalized spacial score (nSPS) is 11.1. The third-order valence-electron chi connectivity index (χ3n) is 2.19. The second-order valence-corrected chi connectivity index (χ2v) is 3.21. The van der Waals surface area contributed by atoms with E-state index in [-0.39, 0.29) is 0 Å². The number of ether oxygens (including phenoxy) is 3. The highest BCUT2D eigenvalue weighted by Crippen LogP contribution is 2.13. The van der Waals surface area contributed by atoms with E-state index < -0.39 is 0 Å². The summed E-state index contributed by atoms with van der Waals surface area (Å²) in [7, 11) is 5.22. The molecule has 3 nitrogen and oxygen atoms in total. The maximum absolute atomic E-state index is 5.05. The topological polar surface area (TPSA) is 27.7 Å². The molecular formula is C10H22O3. The van der Waals surface area contributed by atoms with E-state index in [9.17, 15) is 0 Å². The molecule has 0 saturated heterocycles. The maximum atomic E-state index is 5.05. The number of rotatable bonds is 9. The smallest absolute Gasteiger partial charge is 0.0464 e. The highest BCUT2D eigenvalue weighted by atomic mass is 16.5. The summed E-state index contributed by atoms with van der Waals surface area (Å²) in [5.74, 6) is 0.667. The van der Waals surface area contributed by atoms with E-state index in [4.69, 9.17) is 14.2 Å². The summed E-state index contributed by atoms with van der Waals surface area (Å²) in [6.45, 7) is 2.49. The zero-order chi connectivity index (χ0) is 9.94. The van der Waals surface area contributed by atoms with Crippen molar-refractivity contribution >= 4 is 0 Å². The lowest BCUT2D eigenvalue weighted by Crippen LogP contribution is -2.10. The first kappa shape index (κ1) is 12.9. The SMILES string of the molecule is COCCC(CCOC)CCOC. The fraction of sp³-hybridized carbons (Fsp3) is 1.00. The first-order chi connectivity index (χ1) is 6.35. The summed E-state index contributed by atoms with van der Waals surface area (Å²) in [6, 6.07) is 0. The van der Waals surface area contributed by atoms with Crippen molar-refractivity contribution in [2.45, 2.75) is 19.3 Å². The Morgan fingerprint density at radius 2 is 1.00 bits per heavy atom. The van der Waals surface area contributed by atoms with Gasteiger partial charge >= 0.3 is 0 Å². The molecule has 0 fully saturated rings. The van der Waals surface area contributed by atoms with Crippen molar-refractivity contribution in [2.24, 2.45) is 5.92 Å². The molecule has 80 valence electrons. The first-order valence-electron chi connectivity index (χ1n) is 4.82. The molecule has 0 heterocycles. The van der Waals surface area contributed by atoms with Gasteiger partial charge in [-0.1, -0.05) is 0 Å². The number of methoxy groups -OCH3 is 3. The molecule has 0 aliphatic rings. The van der Waals surface area contributed by atoms with Gasteiger partial charge in [-0.3, -0.25) is 0 Å². The van der Waals surface area contributed by atoms with Crippen LogP contribution in [0.2, 0.25) is 0 Å². The third-order valence-corrected chi connectivity index (χ3v) is 2.19. The second-order valence-electron chi connectivity index (χ2n) is 3.21. The zero-order valence-electron chi connectivity index (χ0n) is 9.04. The maximum Gasteiger partial charge on any atom is 0.0464 e. The minimum Gasteiger partial charge on any atom is -0.385 e. The Kier molecular flexibility index (Phi) is 9.87. The summed E-state index contributed by atoms with van der Waals surface area (Å²) in [4.78, 5) is 0. The molecule has 0 N–H and O–H groups in total. The quantitative estimate of drug-likeness (QED) is 0.554. The van der Waals surface area contributed by atoms with Gasteiger partial charge in [0, 0.05) is 41.2 Å². The van der Waals surface area contributed by atoms with Crippen LogP contribution in [-0.4, -0.2) is 41.2 Å². The van der Waals surface area contributed by atoms with Crippen molar-refractivity contribution < 1.29 is 14.2 Å². The van der Waals surface area contributed by atoms with Crippen LogP contribution in [0.25, 0.3) is 0 Å². The standard InChI is InChI=1S/C10H22O3/c1-11-7-4-10(5-8-12-2)6-9-13-3/h10H,4-9H2,1-3H3. The monoisotopic (exact) mass is 190 g/mol. The molecule has 0 aromatic heterocycles. The van der Waals surface area contributed by atoms with E-state index in [1.807, 2.05) is 0 Å². The third kappa shape index (κ3) is 8.22. The van der Waals surface area contributed by atoms with Gasteiger partial charge in [0.2, 0.25) is 0 Å². The van der Waals surface area contributed by atoms with Crippen molar-refractivity contribution in [3.8, 4) is 0 Å². The first-order valence-corrected chi connectivity index (χ1v) is 4.82. The highest BCUT2D eigenvalue weighted by Gasteiger charge is 2.07. The summed E-state index contributed by atoms with van der Waals surface area (Å²) in [5.41, 5.74) is 0. The molecule has 0 rings (SSSR count). The molecule has 0 aliphatic heterocycles. The Labute approximate surface area is 81.4 Å². The Balaban J connectivity index is 3.47. The molecule has 3 heteroatoms. The second kappa shape index (κ2) is 9.96.